The average molecular weight is 289 g/mol. The highest BCUT2D eigenvalue weighted by atomic mass is 32.2. The molecule has 0 amide bonds. The Balaban J connectivity index is 2.70. The van der Waals surface area contributed by atoms with Crippen LogP contribution < -0.4 is 5.32 Å². The van der Waals surface area contributed by atoms with Gasteiger partial charge in [0.1, 0.15) is 0 Å². The lowest BCUT2D eigenvalue weighted by Gasteiger charge is -2.28. The Morgan fingerprint density at radius 2 is 1.95 bits per heavy atom. The summed E-state index contributed by atoms with van der Waals surface area (Å²) in [5, 5.41) is 3.30. The van der Waals surface area contributed by atoms with E-state index in [4.69, 9.17) is 0 Å². The van der Waals surface area contributed by atoms with E-state index in [0.29, 0.717) is 0 Å². The van der Waals surface area contributed by atoms with Gasteiger partial charge in [0.15, 0.2) is 15.6 Å². The molecule has 1 unspecified atom stereocenters. The third kappa shape index (κ3) is 3.78. The molecular weight excluding hydrogens is 262 g/mol. The van der Waals surface area contributed by atoms with Crippen LogP contribution in [0.5, 0.6) is 0 Å². The maximum atomic E-state index is 12.4. The van der Waals surface area contributed by atoms with Gasteiger partial charge in [0.25, 0.3) is 0 Å². The number of hydrogen-bond donors (Lipinski definition) is 1. The van der Waals surface area contributed by atoms with Crippen LogP contribution in [0.15, 0.2) is 0 Å². The fraction of sp³-hybridized carbons (Fsp3) is 0.929. The Kier molecular flexibility index (Phi) is 5.18. The lowest BCUT2D eigenvalue weighted by Crippen LogP contribution is -2.48. The summed E-state index contributed by atoms with van der Waals surface area (Å²) in [6, 6.07) is 0. The minimum atomic E-state index is -3.21. The van der Waals surface area contributed by atoms with E-state index in [1.54, 1.807) is 20.8 Å². The van der Waals surface area contributed by atoms with Crippen molar-refractivity contribution in [2.45, 2.75) is 70.1 Å². The maximum Gasteiger partial charge on any atom is 0.155 e. The van der Waals surface area contributed by atoms with Gasteiger partial charge in [-0.3, -0.25) is 4.79 Å². The predicted octanol–water partition coefficient (Wildman–Crippen LogP) is 2.08. The Bertz CT molecular complexity index is 414. The molecule has 4 nitrogen and oxygen atoms in total. The van der Waals surface area contributed by atoms with Gasteiger partial charge in [0.05, 0.1) is 16.0 Å². The number of nitrogens with one attached hydrogen (secondary N) is 1. The molecule has 1 saturated heterocycles. The number of carbonyl (C=O) groups excluding carboxylic acids is 1. The number of ketones is 1. The Morgan fingerprint density at radius 3 is 2.37 bits per heavy atom. The van der Waals surface area contributed by atoms with Crippen molar-refractivity contribution >= 4 is 15.6 Å². The molecule has 0 aromatic rings. The lowest BCUT2D eigenvalue weighted by molar-refractivity contribution is -0.124. The Morgan fingerprint density at radius 1 is 1.32 bits per heavy atom. The van der Waals surface area contributed by atoms with Crippen LogP contribution in [0.1, 0.15) is 59.8 Å². The molecule has 0 radical (unpaired) electrons. The van der Waals surface area contributed by atoms with E-state index >= 15 is 0 Å². The number of sulfone groups is 1. The molecule has 0 bridgehead atoms. The van der Waals surface area contributed by atoms with Crippen LogP contribution in [0.2, 0.25) is 0 Å². The van der Waals surface area contributed by atoms with Crippen molar-refractivity contribution in [1.29, 1.82) is 0 Å². The standard InChI is InChI=1S/C14H27NO3S/c1-5-8-14(9-6-10-15-14)12(16)7-11-19(17,18)13(2,3)4/h15H,5-11H2,1-4H3. The van der Waals surface area contributed by atoms with E-state index in [-0.39, 0.29) is 18.0 Å². The van der Waals surface area contributed by atoms with E-state index in [1.807, 2.05) is 0 Å². The van der Waals surface area contributed by atoms with Crippen LogP contribution in [0.4, 0.5) is 0 Å². The van der Waals surface area contributed by atoms with Gasteiger partial charge in [-0.2, -0.15) is 0 Å². The van der Waals surface area contributed by atoms with Crippen molar-refractivity contribution in [2.75, 3.05) is 12.3 Å². The summed E-state index contributed by atoms with van der Waals surface area (Å²) in [4.78, 5) is 12.4. The number of carbonyl (C=O) groups is 1. The molecule has 0 spiro atoms. The van der Waals surface area contributed by atoms with Crippen LogP contribution in [0.3, 0.4) is 0 Å². The smallest absolute Gasteiger partial charge is 0.155 e. The predicted molar refractivity (Wildman–Crippen MR) is 78.0 cm³/mol. The van der Waals surface area contributed by atoms with Crippen molar-refractivity contribution in [2.24, 2.45) is 0 Å². The molecule has 19 heavy (non-hydrogen) atoms. The zero-order valence-electron chi connectivity index (χ0n) is 12.6. The molecule has 112 valence electrons. The first-order valence-electron chi connectivity index (χ1n) is 7.15. The van der Waals surface area contributed by atoms with Crippen LogP contribution in [0, 0.1) is 0 Å². The van der Waals surface area contributed by atoms with E-state index in [1.165, 1.54) is 0 Å². The first-order valence-corrected chi connectivity index (χ1v) is 8.80. The average Bonchev–Trinajstić information content (AvgIpc) is 2.75. The summed E-state index contributed by atoms with van der Waals surface area (Å²) in [7, 11) is -3.21. The molecule has 1 heterocycles. The summed E-state index contributed by atoms with van der Waals surface area (Å²) >= 11 is 0. The van der Waals surface area contributed by atoms with E-state index in [2.05, 4.69) is 12.2 Å². The molecular formula is C14H27NO3S. The first kappa shape index (κ1) is 16.6. The molecule has 1 aliphatic heterocycles. The molecule has 5 heteroatoms. The van der Waals surface area contributed by atoms with Gasteiger partial charge < -0.3 is 5.32 Å². The van der Waals surface area contributed by atoms with Gasteiger partial charge in [0.2, 0.25) is 0 Å². The van der Waals surface area contributed by atoms with Crippen LogP contribution in [-0.2, 0) is 14.6 Å². The number of rotatable bonds is 6. The van der Waals surface area contributed by atoms with Crippen LogP contribution in [0.25, 0.3) is 0 Å². The highest BCUT2D eigenvalue weighted by Gasteiger charge is 2.40. The number of hydrogen-bond acceptors (Lipinski definition) is 4. The summed E-state index contributed by atoms with van der Waals surface area (Å²) in [5.74, 6) is 0.0299. The quantitative estimate of drug-likeness (QED) is 0.813. The maximum absolute atomic E-state index is 12.4. The number of Topliss-reactive ketones (excluding diaryl/α,β-unsaturated/α-hetero) is 1. The van der Waals surface area contributed by atoms with Crippen LogP contribution >= 0.6 is 0 Å². The summed E-state index contributed by atoms with van der Waals surface area (Å²) in [6.45, 7) is 7.96. The van der Waals surface area contributed by atoms with Gasteiger partial charge in [-0.15, -0.1) is 0 Å². The molecule has 0 aromatic heterocycles. The summed E-state index contributed by atoms with van der Waals surface area (Å²) in [5.41, 5.74) is -0.456. The molecule has 1 fully saturated rings. The molecule has 0 saturated carbocycles. The SMILES string of the molecule is CCCC1(C(=O)CCS(=O)(=O)C(C)(C)C)CCCN1. The van der Waals surface area contributed by atoms with Gasteiger partial charge in [-0.1, -0.05) is 13.3 Å². The monoisotopic (exact) mass is 289 g/mol. The third-order valence-electron chi connectivity index (χ3n) is 3.99. The fourth-order valence-corrected chi connectivity index (χ4v) is 3.66. The largest absolute Gasteiger partial charge is 0.305 e. The van der Waals surface area contributed by atoms with E-state index in [9.17, 15) is 13.2 Å². The van der Waals surface area contributed by atoms with Gasteiger partial charge in [0, 0.05) is 6.42 Å². The Hall–Kier alpha value is -0.420. The van der Waals surface area contributed by atoms with Crippen molar-refractivity contribution in [1.82, 2.24) is 5.32 Å². The minimum absolute atomic E-state index is 0.0392. The van der Waals surface area contributed by atoms with Crippen molar-refractivity contribution in [3.63, 3.8) is 0 Å². The van der Waals surface area contributed by atoms with Crippen molar-refractivity contribution in [3.8, 4) is 0 Å². The summed E-state index contributed by atoms with van der Waals surface area (Å²) in [6.07, 6.45) is 3.71. The fourth-order valence-electron chi connectivity index (χ4n) is 2.60. The third-order valence-corrected chi connectivity index (χ3v) is 6.59. The van der Waals surface area contributed by atoms with Crippen molar-refractivity contribution < 1.29 is 13.2 Å². The second-order valence-corrected chi connectivity index (χ2v) is 9.33. The zero-order chi connectivity index (χ0) is 14.7. The Labute approximate surface area is 117 Å². The molecule has 0 aliphatic carbocycles. The molecule has 1 N–H and O–H groups in total. The molecule has 0 aromatic carbocycles. The topological polar surface area (TPSA) is 63.2 Å². The first-order chi connectivity index (χ1) is 8.65. The normalized spacial score (nSPS) is 24.6. The van der Waals surface area contributed by atoms with E-state index < -0.39 is 20.1 Å². The highest BCUT2D eigenvalue weighted by Crippen LogP contribution is 2.28. The second kappa shape index (κ2) is 5.92. The van der Waals surface area contributed by atoms with Crippen molar-refractivity contribution in [3.05, 3.63) is 0 Å². The van der Waals surface area contributed by atoms with E-state index in [0.717, 1.165) is 32.2 Å². The van der Waals surface area contributed by atoms with Crippen LogP contribution in [-0.4, -0.2) is 36.8 Å². The minimum Gasteiger partial charge on any atom is -0.305 e. The summed E-state index contributed by atoms with van der Waals surface area (Å²) < 4.78 is 23.3. The van der Waals surface area contributed by atoms with Gasteiger partial charge in [-0.25, -0.2) is 8.42 Å². The molecule has 1 atom stereocenters. The molecule has 1 rings (SSSR count). The lowest BCUT2D eigenvalue weighted by atomic mass is 9.86. The van der Waals surface area contributed by atoms with Gasteiger partial charge >= 0.3 is 0 Å². The second-order valence-electron chi connectivity index (χ2n) is 6.47. The highest BCUT2D eigenvalue weighted by molar-refractivity contribution is 7.92. The zero-order valence-corrected chi connectivity index (χ0v) is 13.4. The molecule has 1 aliphatic rings. The van der Waals surface area contributed by atoms with Gasteiger partial charge in [-0.05, 0) is 46.6 Å².